The van der Waals surface area contributed by atoms with Gasteiger partial charge < -0.3 is 9.80 Å². The van der Waals surface area contributed by atoms with E-state index >= 15 is 0 Å². The van der Waals surface area contributed by atoms with Crippen molar-refractivity contribution in [2.45, 2.75) is 20.8 Å². The van der Waals surface area contributed by atoms with E-state index in [0.29, 0.717) is 37.4 Å². The number of carbonyl (C=O) groups excluding carboxylic acids is 2. The van der Waals surface area contributed by atoms with Crippen molar-refractivity contribution in [1.82, 2.24) is 30.0 Å². The smallest absolute Gasteiger partial charge is 0.256 e. The molecule has 0 N–H and O–H groups in total. The SMILES string of the molecule is CC(C)(C)C(=O)N1CCN(C(=O)c2ccccc2-n2cnnn2)CC1. The molecule has 1 aromatic carbocycles. The van der Waals surface area contributed by atoms with E-state index in [-0.39, 0.29) is 11.8 Å². The summed E-state index contributed by atoms with van der Waals surface area (Å²) in [6.07, 6.45) is 1.46. The maximum atomic E-state index is 12.9. The van der Waals surface area contributed by atoms with Gasteiger partial charge in [0.05, 0.1) is 11.3 Å². The number of piperazine rings is 1. The molecule has 1 aliphatic rings. The van der Waals surface area contributed by atoms with Gasteiger partial charge in [0, 0.05) is 31.6 Å². The molecular formula is C17H22N6O2. The molecule has 8 nitrogen and oxygen atoms in total. The Morgan fingerprint density at radius 2 is 1.64 bits per heavy atom. The van der Waals surface area contributed by atoms with Crippen LogP contribution in [0, 0.1) is 5.41 Å². The molecule has 0 radical (unpaired) electrons. The normalized spacial score (nSPS) is 15.3. The molecule has 0 spiro atoms. The largest absolute Gasteiger partial charge is 0.339 e. The molecule has 0 saturated carbocycles. The lowest BCUT2D eigenvalue weighted by Crippen LogP contribution is -2.53. The number of hydrogen-bond acceptors (Lipinski definition) is 5. The zero-order valence-corrected chi connectivity index (χ0v) is 14.7. The zero-order chi connectivity index (χ0) is 18.0. The summed E-state index contributed by atoms with van der Waals surface area (Å²) in [6.45, 7) is 7.87. The molecule has 0 atom stereocenters. The van der Waals surface area contributed by atoms with Gasteiger partial charge >= 0.3 is 0 Å². The van der Waals surface area contributed by atoms with Gasteiger partial charge in [-0.05, 0) is 22.6 Å². The predicted octanol–water partition coefficient (Wildman–Crippen LogP) is 0.993. The minimum atomic E-state index is -0.404. The summed E-state index contributed by atoms with van der Waals surface area (Å²) in [5.41, 5.74) is 0.787. The molecule has 0 unspecified atom stereocenters. The van der Waals surface area contributed by atoms with Gasteiger partial charge in [0.1, 0.15) is 6.33 Å². The van der Waals surface area contributed by atoms with Gasteiger partial charge in [-0.15, -0.1) is 5.10 Å². The van der Waals surface area contributed by atoms with Crippen LogP contribution >= 0.6 is 0 Å². The highest BCUT2D eigenvalue weighted by Crippen LogP contribution is 2.20. The summed E-state index contributed by atoms with van der Waals surface area (Å²) in [4.78, 5) is 28.9. The number of benzene rings is 1. The first-order valence-electron chi connectivity index (χ1n) is 8.29. The first-order valence-corrected chi connectivity index (χ1v) is 8.29. The molecule has 1 aliphatic heterocycles. The number of hydrogen-bond donors (Lipinski definition) is 0. The third-order valence-corrected chi connectivity index (χ3v) is 4.23. The molecule has 1 saturated heterocycles. The molecule has 1 aromatic heterocycles. The van der Waals surface area contributed by atoms with E-state index in [0.717, 1.165) is 0 Å². The first kappa shape index (κ1) is 17.1. The topological polar surface area (TPSA) is 84.2 Å². The van der Waals surface area contributed by atoms with Gasteiger partial charge in [-0.2, -0.15) is 4.68 Å². The number of amides is 2. The standard InChI is InChI=1S/C17H22N6O2/c1-17(2,3)16(25)22-10-8-21(9-11-22)15(24)13-6-4-5-7-14(13)23-12-18-19-20-23/h4-7,12H,8-11H2,1-3H3. The number of rotatable bonds is 2. The number of nitrogens with zero attached hydrogens (tertiary/aromatic N) is 6. The van der Waals surface area contributed by atoms with E-state index in [1.807, 2.05) is 43.9 Å². The third kappa shape index (κ3) is 3.52. The summed E-state index contributed by atoms with van der Waals surface area (Å²) in [5, 5.41) is 11.1. The van der Waals surface area contributed by atoms with Crippen LogP contribution in [0.25, 0.3) is 5.69 Å². The molecule has 0 aliphatic carbocycles. The van der Waals surface area contributed by atoms with Gasteiger partial charge in [0.25, 0.3) is 5.91 Å². The number of aromatic nitrogens is 4. The maximum absolute atomic E-state index is 12.9. The lowest BCUT2D eigenvalue weighted by molar-refractivity contribution is -0.140. The Hall–Kier alpha value is -2.77. The molecule has 1 fully saturated rings. The van der Waals surface area contributed by atoms with Crippen molar-refractivity contribution < 1.29 is 9.59 Å². The highest BCUT2D eigenvalue weighted by molar-refractivity contribution is 5.98. The van der Waals surface area contributed by atoms with E-state index in [2.05, 4.69) is 15.5 Å². The number of carbonyl (C=O) groups is 2. The average molecular weight is 342 g/mol. The zero-order valence-electron chi connectivity index (χ0n) is 14.7. The fourth-order valence-corrected chi connectivity index (χ4v) is 2.88. The fourth-order valence-electron chi connectivity index (χ4n) is 2.88. The van der Waals surface area contributed by atoms with Crippen LogP contribution in [-0.2, 0) is 4.79 Å². The summed E-state index contributed by atoms with van der Waals surface area (Å²) in [7, 11) is 0. The van der Waals surface area contributed by atoms with Crippen LogP contribution in [-0.4, -0.2) is 68.0 Å². The number of tetrazole rings is 1. The molecule has 2 aromatic rings. The molecule has 132 valence electrons. The van der Waals surface area contributed by atoms with Crippen LogP contribution in [0.2, 0.25) is 0 Å². The third-order valence-electron chi connectivity index (χ3n) is 4.23. The summed E-state index contributed by atoms with van der Waals surface area (Å²) in [5.74, 6) is 0.0441. The van der Waals surface area contributed by atoms with Crippen LogP contribution in [0.3, 0.4) is 0 Å². The lowest BCUT2D eigenvalue weighted by atomic mass is 9.94. The molecule has 2 amide bonds. The van der Waals surface area contributed by atoms with Gasteiger partial charge in [-0.25, -0.2) is 0 Å². The highest BCUT2D eigenvalue weighted by Gasteiger charge is 2.31. The van der Waals surface area contributed by atoms with Crippen LogP contribution in [0.4, 0.5) is 0 Å². The monoisotopic (exact) mass is 342 g/mol. The van der Waals surface area contributed by atoms with E-state index in [1.165, 1.54) is 11.0 Å². The van der Waals surface area contributed by atoms with E-state index in [1.54, 1.807) is 11.0 Å². The van der Waals surface area contributed by atoms with Gasteiger partial charge in [0.2, 0.25) is 5.91 Å². The van der Waals surface area contributed by atoms with Crippen LogP contribution in [0.1, 0.15) is 31.1 Å². The Balaban J connectivity index is 1.73. The van der Waals surface area contributed by atoms with Crippen molar-refractivity contribution in [3.63, 3.8) is 0 Å². The van der Waals surface area contributed by atoms with Gasteiger partial charge in [-0.1, -0.05) is 32.9 Å². The van der Waals surface area contributed by atoms with Crippen LogP contribution in [0.5, 0.6) is 0 Å². The quantitative estimate of drug-likeness (QED) is 0.813. The predicted molar refractivity (Wildman–Crippen MR) is 91.1 cm³/mol. The van der Waals surface area contributed by atoms with E-state index in [9.17, 15) is 9.59 Å². The Bertz CT molecular complexity index is 758. The minimum Gasteiger partial charge on any atom is -0.339 e. The second kappa shape index (κ2) is 6.62. The van der Waals surface area contributed by atoms with Crippen molar-refractivity contribution in [1.29, 1.82) is 0 Å². The van der Waals surface area contributed by atoms with Crippen molar-refractivity contribution in [3.8, 4) is 5.69 Å². The van der Waals surface area contributed by atoms with Crippen molar-refractivity contribution in [2.24, 2.45) is 5.41 Å². The summed E-state index contributed by atoms with van der Waals surface area (Å²) < 4.78 is 1.48. The van der Waals surface area contributed by atoms with Gasteiger partial charge in [-0.3, -0.25) is 9.59 Å². The Kier molecular flexibility index (Phi) is 4.52. The summed E-state index contributed by atoms with van der Waals surface area (Å²) >= 11 is 0. The molecule has 8 heteroatoms. The van der Waals surface area contributed by atoms with Crippen molar-refractivity contribution in [3.05, 3.63) is 36.2 Å². The lowest BCUT2D eigenvalue weighted by Gasteiger charge is -2.37. The molecule has 3 rings (SSSR count). The van der Waals surface area contributed by atoms with Gasteiger partial charge in [0.15, 0.2) is 0 Å². The van der Waals surface area contributed by atoms with E-state index in [4.69, 9.17) is 0 Å². The van der Waals surface area contributed by atoms with Crippen LogP contribution in [0.15, 0.2) is 30.6 Å². The highest BCUT2D eigenvalue weighted by atomic mass is 16.2. The second-order valence-corrected chi connectivity index (χ2v) is 7.11. The molecule has 0 bridgehead atoms. The second-order valence-electron chi connectivity index (χ2n) is 7.11. The molecule has 25 heavy (non-hydrogen) atoms. The maximum Gasteiger partial charge on any atom is 0.256 e. The Morgan fingerprint density at radius 3 is 2.24 bits per heavy atom. The Morgan fingerprint density at radius 1 is 1.00 bits per heavy atom. The molecule has 2 heterocycles. The van der Waals surface area contributed by atoms with Crippen molar-refractivity contribution in [2.75, 3.05) is 26.2 Å². The first-order chi connectivity index (χ1) is 11.9. The van der Waals surface area contributed by atoms with Crippen LogP contribution < -0.4 is 0 Å². The molecular weight excluding hydrogens is 320 g/mol. The van der Waals surface area contributed by atoms with Crippen molar-refractivity contribution >= 4 is 11.8 Å². The number of para-hydroxylation sites is 1. The minimum absolute atomic E-state index is 0.0750. The summed E-state index contributed by atoms with van der Waals surface area (Å²) in [6, 6.07) is 7.24. The van der Waals surface area contributed by atoms with E-state index < -0.39 is 5.41 Å². The average Bonchev–Trinajstić information content (AvgIpc) is 3.14. The Labute approximate surface area is 146 Å². The fraction of sp³-hybridized carbons (Fsp3) is 0.471.